The van der Waals surface area contributed by atoms with Crippen molar-refractivity contribution in [3.63, 3.8) is 0 Å². The fourth-order valence-corrected chi connectivity index (χ4v) is 6.18. The fraction of sp³-hybridized carbons (Fsp3) is 0.136. The molecular formula is C44H40Cl4N4. The Hall–Kier alpha value is -4.58. The summed E-state index contributed by atoms with van der Waals surface area (Å²) in [5.74, 6) is 0. The van der Waals surface area contributed by atoms with Crippen molar-refractivity contribution >= 4 is 70.2 Å². The number of halogens is 4. The van der Waals surface area contributed by atoms with Crippen LogP contribution in [0.25, 0.3) is 0 Å². The van der Waals surface area contributed by atoms with Gasteiger partial charge < -0.3 is 10.6 Å². The van der Waals surface area contributed by atoms with Gasteiger partial charge in [0.25, 0.3) is 0 Å². The Morgan fingerprint density at radius 2 is 0.635 bits per heavy atom. The minimum Gasteiger partial charge on any atom is -0.375 e. The van der Waals surface area contributed by atoms with Gasteiger partial charge in [0.15, 0.2) is 0 Å². The molecule has 0 unspecified atom stereocenters. The maximum atomic E-state index is 5.37. The number of anilines is 2. The lowest BCUT2D eigenvalue weighted by Crippen LogP contribution is -2.21. The van der Waals surface area contributed by atoms with Gasteiger partial charge in [0.05, 0.1) is 34.8 Å². The normalized spacial score (nSPS) is 17.9. The standard InChI is InChI=1S/C42H36N4.2CH2Cl2/c1-5-17-31(18-6-1)39-41(33-21-9-3-10-22-33)45-37-27-15-14-26-36(37)30-44-40(32-19-7-2-8-20-32)42(34-23-11-4-12-24-34)46-38-28-16-13-25-35(38)29-43-39;2*2-1-3/h1-30,39-42,45-46H;2*1H2/t39-,40-,41-,42-;;/m1../s1. The molecule has 1 heterocycles. The summed E-state index contributed by atoms with van der Waals surface area (Å²) >= 11 is 19.1. The van der Waals surface area contributed by atoms with E-state index in [1.54, 1.807) is 0 Å². The van der Waals surface area contributed by atoms with E-state index in [0.717, 1.165) is 44.8 Å². The van der Waals surface area contributed by atoms with Crippen molar-refractivity contribution in [1.29, 1.82) is 0 Å². The molecule has 264 valence electrons. The molecule has 4 atom stereocenters. The number of rotatable bonds is 4. The van der Waals surface area contributed by atoms with Gasteiger partial charge in [-0.3, -0.25) is 9.98 Å². The number of nitrogens with one attached hydrogen (secondary N) is 2. The van der Waals surface area contributed by atoms with Crippen molar-refractivity contribution in [3.8, 4) is 0 Å². The van der Waals surface area contributed by atoms with Crippen molar-refractivity contribution in [2.24, 2.45) is 9.98 Å². The van der Waals surface area contributed by atoms with Crippen LogP contribution in [0.5, 0.6) is 0 Å². The van der Waals surface area contributed by atoms with E-state index >= 15 is 0 Å². The molecule has 7 rings (SSSR count). The highest BCUT2D eigenvalue weighted by atomic mass is 35.5. The summed E-state index contributed by atoms with van der Waals surface area (Å²) in [5.41, 5.74) is 8.63. The second-order valence-corrected chi connectivity index (χ2v) is 13.3. The van der Waals surface area contributed by atoms with Crippen LogP contribution in [-0.2, 0) is 0 Å². The molecule has 0 aliphatic carbocycles. The fourth-order valence-electron chi connectivity index (χ4n) is 6.18. The van der Waals surface area contributed by atoms with Crippen LogP contribution in [-0.4, -0.2) is 23.1 Å². The molecule has 0 spiro atoms. The molecule has 6 aromatic rings. The molecule has 1 aliphatic heterocycles. The third-order valence-electron chi connectivity index (χ3n) is 8.52. The zero-order chi connectivity index (χ0) is 36.4. The van der Waals surface area contributed by atoms with Gasteiger partial charge in [0.1, 0.15) is 0 Å². The van der Waals surface area contributed by atoms with Crippen molar-refractivity contribution in [2.45, 2.75) is 24.2 Å². The van der Waals surface area contributed by atoms with Gasteiger partial charge >= 0.3 is 0 Å². The van der Waals surface area contributed by atoms with Crippen LogP contribution >= 0.6 is 46.4 Å². The lowest BCUT2D eigenvalue weighted by Gasteiger charge is -2.30. The third kappa shape index (κ3) is 10.7. The van der Waals surface area contributed by atoms with E-state index in [1.165, 1.54) is 0 Å². The first-order valence-corrected chi connectivity index (χ1v) is 19.0. The second-order valence-electron chi connectivity index (χ2n) is 11.7. The summed E-state index contributed by atoms with van der Waals surface area (Å²) in [7, 11) is 0. The monoisotopic (exact) mass is 764 g/mol. The maximum absolute atomic E-state index is 5.37. The highest BCUT2D eigenvalue weighted by Crippen LogP contribution is 2.39. The number of para-hydroxylation sites is 2. The smallest absolute Gasteiger partial charge is 0.0992 e. The summed E-state index contributed by atoms with van der Waals surface area (Å²) in [5, 5.41) is 8.22. The van der Waals surface area contributed by atoms with E-state index in [1.807, 2.05) is 12.4 Å². The van der Waals surface area contributed by atoms with Gasteiger partial charge in [-0.05, 0) is 34.4 Å². The van der Waals surface area contributed by atoms with Crippen molar-refractivity contribution in [2.75, 3.05) is 21.3 Å². The molecule has 0 radical (unpaired) electrons. The van der Waals surface area contributed by atoms with E-state index in [0.29, 0.717) is 0 Å². The molecule has 0 saturated heterocycles. The number of hydrogen-bond donors (Lipinski definition) is 2. The lowest BCUT2D eigenvalue weighted by atomic mass is 9.92. The van der Waals surface area contributed by atoms with Crippen molar-refractivity contribution in [3.05, 3.63) is 203 Å². The van der Waals surface area contributed by atoms with Gasteiger partial charge in [-0.15, -0.1) is 46.4 Å². The average molecular weight is 767 g/mol. The molecule has 2 N–H and O–H groups in total. The SMILES string of the molecule is C1=N[C@H](c2ccccc2)[C@@H](c2ccccc2)Nc2ccccc2C=N[C@H](c2ccccc2)[C@@H](c2ccccc2)Nc2ccccc21.ClCCl.ClCCl. The Morgan fingerprint density at radius 1 is 0.365 bits per heavy atom. The minimum atomic E-state index is -0.202. The van der Waals surface area contributed by atoms with Crippen LogP contribution in [0.3, 0.4) is 0 Å². The van der Waals surface area contributed by atoms with Crippen LogP contribution in [0.4, 0.5) is 11.4 Å². The lowest BCUT2D eigenvalue weighted by molar-refractivity contribution is 0.611. The second kappa shape index (κ2) is 21.1. The molecule has 0 amide bonds. The van der Waals surface area contributed by atoms with E-state index in [9.17, 15) is 0 Å². The molecule has 6 aromatic carbocycles. The molecule has 8 heteroatoms. The van der Waals surface area contributed by atoms with Crippen molar-refractivity contribution in [1.82, 2.24) is 0 Å². The van der Waals surface area contributed by atoms with Crippen LogP contribution in [0, 0.1) is 0 Å². The van der Waals surface area contributed by atoms with Gasteiger partial charge in [-0.1, -0.05) is 158 Å². The first-order valence-electron chi connectivity index (χ1n) is 16.9. The van der Waals surface area contributed by atoms with Gasteiger partial charge in [-0.25, -0.2) is 0 Å². The van der Waals surface area contributed by atoms with E-state index in [4.69, 9.17) is 56.4 Å². The average Bonchev–Trinajstić information content (AvgIpc) is 3.20. The van der Waals surface area contributed by atoms with Gasteiger partial charge in [0, 0.05) is 34.9 Å². The molecular weight excluding hydrogens is 726 g/mol. The molecule has 4 nitrogen and oxygen atoms in total. The van der Waals surface area contributed by atoms with Crippen LogP contribution in [0.15, 0.2) is 180 Å². The predicted molar refractivity (Wildman–Crippen MR) is 225 cm³/mol. The van der Waals surface area contributed by atoms with Crippen LogP contribution < -0.4 is 10.6 Å². The third-order valence-corrected chi connectivity index (χ3v) is 8.52. The first kappa shape index (κ1) is 38.6. The number of fused-ring (bicyclic) bond motifs is 2. The summed E-state index contributed by atoms with van der Waals surface area (Å²) in [6.45, 7) is 0. The Bertz CT molecular complexity index is 1810. The van der Waals surface area contributed by atoms with Crippen molar-refractivity contribution < 1.29 is 0 Å². The van der Waals surface area contributed by atoms with E-state index < -0.39 is 0 Å². The number of nitrogens with zero attached hydrogens (tertiary/aromatic N) is 2. The Labute approximate surface area is 327 Å². The van der Waals surface area contributed by atoms with Crippen LogP contribution in [0.2, 0.25) is 0 Å². The molecule has 0 bridgehead atoms. The van der Waals surface area contributed by atoms with Gasteiger partial charge in [-0.2, -0.15) is 0 Å². The summed E-state index contributed by atoms with van der Waals surface area (Å²) < 4.78 is 0. The first-order chi connectivity index (χ1) is 25.7. The Kier molecular flexibility index (Phi) is 15.7. The Morgan fingerprint density at radius 3 is 0.962 bits per heavy atom. The molecule has 0 fully saturated rings. The van der Waals surface area contributed by atoms with Crippen LogP contribution in [0.1, 0.15) is 57.5 Å². The number of aliphatic imine (C=N–C) groups is 2. The van der Waals surface area contributed by atoms with E-state index in [-0.39, 0.29) is 34.8 Å². The summed E-state index contributed by atoms with van der Waals surface area (Å²) in [4.78, 5) is 10.7. The maximum Gasteiger partial charge on any atom is 0.0992 e. The van der Waals surface area contributed by atoms with E-state index in [2.05, 4.69) is 180 Å². The summed E-state index contributed by atoms with van der Waals surface area (Å²) in [6.07, 6.45) is 4.05. The minimum absolute atomic E-state index is 0.139. The van der Waals surface area contributed by atoms with Gasteiger partial charge in [0.2, 0.25) is 0 Å². The molecule has 0 saturated carbocycles. The highest BCUT2D eigenvalue weighted by Gasteiger charge is 2.27. The highest BCUT2D eigenvalue weighted by molar-refractivity contribution is 6.41. The number of benzene rings is 6. The largest absolute Gasteiger partial charge is 0.375 e. The number of alkyl halides is 4. The topological polar surface area (TPSA) is 48.8 Å². The Balaban J connectivity index is 0.000000817. The zero-order valence-corrected chi connectivity index (χ0v) is 31.5. The predicted octanol–water partition coefficient (Wildman–Crippen LogP) is 12.9. The molecule has 52 heavy (non-hydrogen) atoms. The zero-order valence-electron chi connectivity index (χ0n) is 28.5. The number of hydrogen-bond acceptors (Lipinski definition) is 4. The molecule has 1 aliphatic rings. The quantitative estimate of drug-likeness (QED) is 0.176. The molecule has 0 aromatic heterocycles. The summed E-state index contributed by atoms with van der Waals surface area (Å²) in [6, 6.07) is 58.4.